The third-order valence-electron chi connectivity index (χ3n) is 3.74. The number of hydrogen-bond donors (Lipinski definition) is 0. The van der Waals surface area contributed by atoms with Gasteiger partial charge in [0, 0.05) is 5.57 Å². The summed E-state index contributed by atoms with van der Waals surface area (Å²) in [5.74, 6) is 2.03. The van der Waals surface area contributed by atoms with Crippen LogP contribution in [0.2, 0.25) is 0 Å². The van der Waals surface area contributed by atoms with E-state index >= 15 is 0 Å². The molecule has 3 aromatic rings. The van der Waals surface area contributed by atoms with Crippen molar-refractivity contribution in [2.45, 2.75) is 13.8 Å². The number of aryl methyl sites for hydroxylation is 1. The Kier molecular flexibility index (Phi) is 5.84. The molecule has 0 aromatic heterocycles. The molecule has 3 heteroatoms. The van der Waals surface area contributed by atoms with Crippen LogP contribution in [0.25, 0.3) is 0 Å². The van der Waals surface area contributed by atoms with Crippen molar-refractivity contribution in [3.8, 4) is 11.5 Å². The number of hydrogen-bond acceptors (Lipinski definition) is 3. The van der Waals surface area contributed by atoms with Crippen molar-refractivity contribution >= 4 is 11.6 Å². The Labute approximate surface area is 154 Å². The molecule has 0 fully saturated rings. The summed E-state index contributed by atoms with van der Waals surface area (Å²) in [4.78, 5) is 4.63. The lowest BCUT2D eigenvalue weighted by molar-refractivity contribution is 0.470. The summed E-state index contributed by atoms with van der Waals surface area (Å²) >= 11 is 0. The third-order valence-corrected chi connectivity index (χ3v) is 3.74. The van der Waals surface area contributed by atoms with Gasteiger partial charge in [0.2, 0.25) is 5.90 Å². The van der Waals surface area contributed by atoms with E-state index in [1.165, 1.54) is 0 Å². The Morgan fingerprint density at radius 2 is 1.42 bits per heavy atom. The highest BCUT2D eigenvalue weighted by molar-refractivity contribution is 5.96. The molecular weight excluding hydrogens is 322 g/mol. The van der Waals surface area contributed by atoms with E-state index in [0.717, 1.165) is 28.3 Å². The van der Waals surface area contributed by atoms with Gasteiger partial charge in [-0.15, -0.1) is 0 Å². The molecule has 0 unspecified atom stereocenters. The number of nitrogens with zero attached hydrogens (tertiary/aromatic N) is 1. The minimum atomic E-state index is 0.496. The quantitative estimate of drug-likeness (QED) is 0.319. The van der Waals surface area contributed by atoms with E-state index in [0.29, 0.717) is 5.90 Å². The molecule has 0 saturated carbocycles. The van der Waals surface area contributed by atoms with Crippen LogP contribution >= 0.6 is 0 Å². The Hall–Kier alpha value is -3.33. The van der Waals surface area contributed by atoms with Crippen LogP contribution in [-0.4, -0.2) is 5.90 Å². The number of aliphatic imine (C=N–C) groups is 1. The zero-order valence-electron chi connectivity index (χ0n) is 14.9. The van der Waals surface area contributed by atoms with Gasteiger partial charge < -0.3 is 9.47 Å². The third kappa shape index (κ3) is 4.84. The predicted molar refractivity (Wildman–Crippen MR) is 106 cm³/mol. The minimum Gasteiger partial charge on any atom is -0.464 e. The maximum Gasteiger partial charge on any atom is 0.225 e. The van der Waals surface area contributed by atoms with Crippen LogP contribution in [0.3, 0.4) is 0 Å². The van der Waals surface area contributed by atoms with E-state index in [4.69, 9.17) is 9.47 Å². The van der Waals surface area contributed by atoms with Gasteiger partial charge in [0.1, 0.15) is 11.5 Å². The molecule has 3 nitrogen and oxygen atoms in total. The van der Waals surface area contributed by atoms with Crippen LogP contribution in [-0.2, 0) is 0 Å². The lowest BCUT2D eigenvalue weighted by Gasteiger charge is -2.11. The van der Waals surface area contributed by atoms with Crippen LogP contribution in [0, 0.1) is 6.92 Å². The summed E-state index contributed by atoms with van der Waals surface area (Å²) in [6, 6.07) is 27.2. The van der Waals surface area contributed by atoms with E-state index in [1.54, 1.807) is 6.26 Å². The van der Waals surface area contributed by atoms with Gasteiger partial charge in [-0.3, -0.25) is 0 Å². The fourth-order valence-electron chi connectivity index (χ4n) is 2.30. The molecule has 0 bridgehead atoms. The molecule has 3 rings (SSSR count). The molecule has 0 atom stereocenters. The Morgan fingerprint density at radius 3 is 2.12 bits per heavy atom. The van der Waals surface area contributed by atoms with Crippen molar-refractivity contribution in [3.63, 3.8) is 0 Å². The summed E-state index contributed by atoms with van der Waals surface area (Å²) in [5.41, 5.74) is 2.69. The second kappa shape index (κ2) is 8.67. The second-order valence-corrected chi connectivity index (χ2v) is 5.85. The predicted octanol–water partition coefficient (Wildman–Crippen LogP) is 6.09. The molecule has 0 aliphatic carbocycles. The molecule has 0 N–H and O–H groups in total. The average molecular weight is 343 g/mol. The largest absolute Gasteiger partial charge is 0.464 e. The van der Waals surface area contributed by atoms with Crippen LogP contribution in [0.1, 0.15) is 12.5 Å². The Bertz CT molecular complexity index is 900. The average Bonchev–Trinajstić information content (AvgIpc) is 2.68. The standard InChI is InChI=1S/C23H21NO2/c1-18-11-9-10-16-22(18)25-17-19(2)23(24-20-12-5-3-6-13-20)26-21-14-7-4-8-15-21/h3-17H,1-2H3. The first-order valence-corrected chi connectivity index (χ1v) is 8.48. The highest BCUT2D eigenvalue weighted by atomic mass is 16.5. The van der Waals surface area contributed by atoms with Gasteiger partial charge >= 0.3 is 0 Å². The molecule has 0 saturated heterocycles. The normalized spacial score (nSPS) is 11.9. The van der Waals surface area contributed by atoms with Gasteiger partial charge in [-0.1, -0.05) is 54.6 Å². The topological polar surface area (TPSA) is 30.8 Å². The number of benzene rings is 3. The van der Waals surface area contributed by atoms with E-state index in [2.05, 4.69) is 4.99 Å². The molecule has 0 radical (unpaired) electrons. The Morgan fingerprint density at radius 1 is 0.808 bits per heavy atom. The van der Waals surface area contributed by atoms with Crippen LogP contribution in [0.4, 0.5) is 5.69 Å². The van der Waals surface area contributed by atoms with Crippen molar-refractivity contribution in [2.75, 3.05) is 0 Å². The van der Waals surface area contributed by atoms with E-state index in [9.17, 15) is 0 Å². The molecule has 0 aliphatic rings. The fraction of sp³-hybridized carbons (Fsp3) is 0.0870. The smallest absolute Gasteiger partial charge is 0.225 e. The number of para-hydroxylation sites is 3. The molecule has 0 aliphatic heterocycles. The zero-order chi connectivity index (χ0) is 18.2. The summed E-state index contributed by atoms with van der Waals surface area (Å²) in [6.45, 7) is 3.93. The van der Waals surface area contributed by atoms with Crippen molar-refractivity contribution in [1.29, 1.82) is 0 Å². The first-order valence-electron chi connectivity index (χ1n) is 8.48. The van der Waals surface area contributed by atoms with Gasteiger partial charge in [0.05, 0.1) is 11.9 Å². The van der Waals surface area contributed by atoms with Gasteiger partial charge in [0.15, 0.2) is 0 Å². The molecule has 130 valence electrons. The lowest BCUT2D eigenvalue weighted by Crippen LogP contribution is -2.10. The summed E-state index contributed by atoms with van der Waals surface area (Å²) in [6.07, 6.45) is 1.67. The highest BCUT2D eigenvalue weighted by Crippen LogP contribution is 2.19. The zero-order valence-corrected chi connectivity index (χ0v) is 14.9. The van der Waals surface area contributed by atoms with Crippen molar-refractivity contribution in [3.05, 3.63) is 102 Å². The van der Waals surface area contributed by atoms with Gasteiger partial charge in [-0.05, 0) is 49.7 Å². The molecular formula is C23H21NO2. The van der Waals surface area contributed by atoms with Gasteiger partial charge in [-0.2, -0.15) is 0 Å². The van der Waals surface area contributed by atoms with E-state index < -0.39 is 0 Å². The Balaban J connectivity index is 1.88. The lowest BCUT2D eigenvalue weighted by atomic mass is 10.2. The maximum atomic E-state index is 6.00. The monoisotopic (exact) mass is 343 g/mol. The van der Waals surface area contributed by atoms with Gasteiger partial charge in [-0.25, -0.2) is 4.99 Å². The summed E-state index contributed by atoms with van der Waals surface area (Å²) in [5, 5.41) is 0. The highest BCUT2D eigenvalue weighted by Gasteiger charge is 2.08. The molecule has 3 aromatic carbocycles. The SMILES string of the molecule is CC(=COc1ccccc1C)C(=Nc1ccccc1)Oc1ccccc1. The molecule has 0 heterocycles. The van der Waals surface area contributed by atoms with Crippen molar-refractivity contribution < 1.29 is 9.47 Å². The van der Waals surface area contributed by atoms with E-state index in [1.807, 2.05) is 98.8 Å². The number of rotatable bonds is 5. The van der Waals surface area contributed by atoms with Gasteiger partial charge in [0.25, 0.3) is 0 Å². The van der Waals surface area contributed by atoms with Crippen LogP contribution in [0.5, 0.6) is 11.5 Å². The molecule has 0 spiro atoms. The second-order valence-electron chi connectivity index (χ2n) is 5.85. The fourth-order valence-corrected chi connectivity index (χ4v) is 2.30. The number of ether oxygens (including phenoxy) is 2. The summed E-state index contributed by atoms with van der Waals surface area (Å²) in [7, 11) is 0. The maximum absolute atomic E-state index is 6.00. The first kappa shape index (κ1) is 17.5. The minimum absolute atomic E-state index is 0.496. The van der Waals surface area contributed by atoms with E-state index in [-0.39, 0.29) is 0 Å². The first-order chi connectivity index (χ1) is 12.7. The van der Waals surface area contributed by atoms with Crippen molar-refractivity contribution in [2.24, 2.45) is 4.99 Å². The van der Waals surface area contributed by atoms with Crippen LogP contribution < -0.4 is 9.47 Å². The summed E-state index contributed by atoms with van der Waals surface area (Å²) < 4.78 is 11.8. The molecule has 26 heavy (non-hydrogen) atoms. The molecule has 0 amide bonds. The van der Waals surface area contributed by atoms with Crippen molar-refractivity contribution in [1.82, 2.24) is 0 Å². The van der Waals surface area contributed by atoms with Crippen LogP contribution in [0.15, 0.2) is 102 Å².